The molecule has 1 aromatic carbocycles. The smallest absolute Gasteiger partial charge is 0.0482 e. The summed E-state index contributed by atoms with van der Waals surface area (Å²) in [4.78, 5) is 0. The van der Waals surface area contributed by atoms with Gasteiger partial charge < -0.3 is 10.1 Å². The third-order valence-corrected chi connectivity index (χ3v) is 2.68. The summed E-state index contributed by atoms with van der Waals surface area (Å²) in [5, 5.41) is 3.40. The van der Waals surface area contributed by atoms with Gasteiger partial charge in [0.05, 0.1) is 0 Å². The van der Waals surface area contributed by atoms with Crippen molar-refractivity contribution in [2.24, 2.45) is 0 Å². The summed E-state index contributed by atoms with van der Waals surface area (Å²) >= 11 is 3.47. The topological polar surface area (TPSA) is 21.3 Å². The second kappa shape index (κ2) is 6.85. The van der Waals surface area contributed by atoms with Crippen LogP contribution in [-0.2, 0) is 4.74 Å². The van der Waals surface area contributed by atoms with E-state index in [1.165, 1.54) is 11.3 Å². The molecule has 0 saturated carbocycles. The highest BCUT2D eigenvalue weighted by Gasteiger charge is 1.97. The van der Waals surface area contributed by atoms with Crippen LogP contribution in [0.1, 0.15) is 18.9 Å². The predicted molar refractivity (Wildman–Crippen MR) is 68.5 cm³/mol. The Kier molecular flexibility index (Phi) is 5.73. The first-order valence-electron chi connectivity index (χ1n) is 5.32. The zero-order chi connectivity index (χ0) is 11.1. The van der Waals surface area contributed by atoms with E-state index in [2.05, 4.69) is 46.4 Å². The van der Waals surface area contributed by atoms with E-state index in [0.717, 1.165) is 30.7 Å². The molecule has 0 aliphatic heterocycles. The molecule has 0 spiro atoms. The van der Waals surface area contributed by atoms with Crippen LogP contribution in [0.15, 0.2) is 22.7 Å². The van der Waals surface area contributed by atoms with Crippen LogP contribution < -0.4 is 5.32 Å². The molecule has 3 heteroatoms. The molecule has 1 aromatic rings. The van der Waals surface area contributed by atoms with Crippen molar-refractivity contribution in [3.63, 3.8) is 0 Å². The highest BCUT2D eigenvalue weighted by Crippen LogP contribution is 2.20. The van der Waals surface area contributed by atoms with Crippen LogP contribution in [0, 0.1) is 6.92 Å². The first-order valence-corrected chi connectivity index (χ1v) is 6.11. The lowest BCUT2D eigenvalue weighted by Crippen LogP contribution is -2.06. The Balaban J connectivity index is 2.33. The van der Waals surface area contributed by atoms with Crippen molar-refractivity contribution >= 4 is 21.6 Å². The number of benzene rings is 1. The van der Waals surface area contributed by atoms with E-state index in [1.54, 1.807) is 0 Å². The van der Waals surface area contributed by atoms with E-state index in [4.69, 9.17) is 4.74 Å². The van der Waals surface area contributed by atoms with E-state index in [-0.39, 0.29) is 0 Å². The number of ether oxygens (including phenoxy) is 1. The number of aryl methyl sites for hydroxylation is 1. The molecule has 0 aromatic heterocycles. The largest absolute Gasteiger partial charge is 0.385 e. The molecule has 0 radical (unpaired) electrons. The fourth-order valence-electron chi connectivity index (χ4n) is 1.33. The predicted octanol–water partition coefficient (Wildman–Crippen LogP) is 3.60. The first-order chi connectivity index (χ1) is 7.24. The van der Waals surface area contributed by atoms with Crippen LogP contribution in [0.3, 0.4) is 0 Å². The molecule has 0 heterocycles. The van der Waals surface area contributed by atoms with Crippen LogP contribution in [0.2, 0.25) is 0 Å². The van der Waals surface area contributed by atoms with Crippen molar-refractivity contribution in [1.29, 1.82) is 0 Å². The molecule has 15 heavy (non-hydrogen) atoms. The quantitative estimate of drug-likeness (QED) is 0.799. The molecule has 84 valence electrons. The molecular weight excluding hydrogens is 254 g/mol. The van der Waals surface area contributed by atoms with E-state index in [9.17, 15) is 0 Å². The lowest BCUT2D eigenvalue weighted by molar-refractivity contribution is 0.147. The number of nitrogens with one attached hydrogen (secondary N) is 1. The normalized spacial score (nSPS) is 10.3. The molecule has 0 saturated heterocycles. The number of hydrogen-bond donors (Lipinski definition) is 1. The molecule has 1 N–H and O–H groups in total. The maximum absolute atomic E-state index is 5.28. The third kappa shape index (κ3) is 4.67. The summed E-state index contributed by atoms with van der Waals surface area (Å²) in [7, 11) is 0. The SMILES string of the molecule is CCOCCCNc1cc(Br)ccc1C. The van der Waals surface area contributed by atoms with E-state index in [1.807, 2.05) is 6.92 Å². The summed E-state index contributed by atoms with van der Waals surface area (Å²) in [5.74, 6) is 0. The van der Waals surface area contributed by atoms with Gasteiger partial charge in [-0.3, -0.25) is 0 Å². The molecule has 0 bridgehead atoms. The van der Waals surface area contributed by atoms with Gasteiger partial charge in [-0.25, -0.2) is 0 Å². The van der Waals surface area contributed by atoms with Crippen molar-refractivity contribution in [3.05, 3.63) is 28.2 Å². The molecule has 0 unspecified atom stereocenters. The Hall–Kier alpha value is -0.540. The van der Waals surface area contributed by atoms with Crippen LogP contribution >= 0.6 is 15.9 Å². The minimum Gasteiger partial charge on any atom is -0.385 e. The maximum atomic E-state index is 5.28. The van der Waals surface area contributed by atoms with Gasteiger partial charge in [0.25, 0.3) is 0 Å². The lowest BCUT2D eigenvalue weighted by Gasteiger charge is -2.09. The number of rotatable bonds is 6. The van der Waals surface area contributed by atoms with E-state index >= 15 is 0 Å². The molecule has 0 aliphatic carbocycles. The van der Waals surface area contributed by atoms with Gasteiger partial charge in [-0.1, -0.05) is 22.0 Å². The van der Waals surface area contributed by atoms with Crippen molar-refractivity contribution in [1.82, 2.24) is 0 Å². The number of hydrogen-bond acceptors (Lipinski definition) is 2. The minimum absolute atomic E-state index is 0.802. The molecule has 0 aliphatic rings. The third-order valence-electron chi connectivity index (χ3n) is 2.18. The summed E-state index contributed by atoms with van der Waals surface area (Å²) in [6.07, 6.45) is 1.04. The van der Waals surface area contributed by atoms with Crippen molar-refractivity contribution in [2.45, 2.75) is 20.3 Å². The zero-order valence-electron chi connectivity index (χ0n) is 9.35. The van der Waals surface area contributed by atoms with Gasteiger partial charge >= 0.3 is 0 Å². The monoisotopic (exact) mass is 271 g/mol. The van der Waals surface area contributed by atoms with Gasteiger partial charge in [0.2, 0.25) is 0 Å². The van der Waals surface area contributed by atoms with Crippen LogP contribution in [0.5, 0.6) is 0 Å². The van der Waals surface area contributed by atoms with Gasteiger partial charge in [-0.2, -0.15) is 0 Å². The molecule has 0 amide bonds. The summed E-state index contributed by atoms with van der Waals surface area (Å²) in [5.41, 5.74) is 2.47. The van der Waals surface area contributed by atoms with Crippen molar-refractivity contribution in [3.8, 4) is 0 Å². The Labute approximate surface area is 100 Å². The Bertz CT molecular complexity index is 302. The van der Waals surface area contributed by atoms with Crippen molar-refractivity contribution < 1.29 is 4.74 Å². The summed E-state index contributed by atoms with van der Waals surface area (Å²) < 4.78 is 6.39. The average molecular weight is 272 g/mol. The maximum Gasteiger partial charge on any atom is 0.0482 e. The molecule has 0 fully saturated rings. The zero-order valence-corrected chi connectivity index (χ0v) is 10.9. The highest BCUT2D eigenvalue weighted by atomic mass is 79.9. The number of anilines is 1. The van der Waals surface area contributed by atoms with E-state index < -0.39 is 0 Å². The second-order valence-electron chi connectivity index (χ2n) is 3.44. The van der Waals surface area contributed by atoms with E-state index in [0.29, 0.717) is 0 Å². The fourth-order valence-corrected chi connectivity index (χ4v) is 1.69. The van der Waals surface area contributed by atoms with Gasteiger partial charge in [0.1, 0.15) is 0 Å². The van der Waals surface area contributed by atoms with Crippen LogP contribution in [0.4, 0.5) is 5.69 Å². The Morgan fingerprint density at radius 1 is 1.40 bits per heavy atom. The molecule has 1 rings (SSSR count). The second-order valence-corrected chi connectivity index (χ2v) is 4.35. The fraction of sp³-hybridized carbons (Fsp3) is 0.500. The lowest BCUT2D eigenvalue weighted by atomic mass is 10.2. The van der Waals surface area contributed by atoms with Gasteiger partial charge in [0.15, 0.2) is 0 Å². The standard InChI is InChI=1S/C12H18BrNO/c1-3-15-8-4-7-14-12-9-11(13)6-5-10(12)2/h5-6,9,14H,3-4,7-8H2,1-2H3. The average Bonchev–Trinajstić information content (AvgIpc) is 2.23. The van der Waals surface area contributed by atoms with Gasteiger partial charge in [0, 0.05) is 29.9 Å². The van der Waals surface area contributed by atoms with Crippen LogP contribution in [-0.4, -0.2) is 19.8 Å². The summed E-state index contributed by atoms with van der Waals surface area (Å²) in [6, 6.07) is 6.27. The molecular formula is C12H18BrNO. The first kappa shape index (κ1) is 12.5. The molecule has 0 atom stereocenters. The van der Waals surface area contributed by atoms with Crippen LogP contribution in [0.25, 0.3) is 0 Å². The van der Waals surface area contributed by atoms with Crippen molar-refractivity contribution in [2.75, 3.05) is 25.1 Å². The summed E-state index contributed by atoms with van der Waals surface area (Å²) in [6.45, 7) is 6.72. The minimum atomic E-state index is 0.802. The number of halogens is 1. The Morgan fingerprint density at radius 2 is 2.20 bits per heavy atom. The highest BCUT2D eigenvalue weighted by molar-refractivity contribution is 9.10. The molecule has 2 nitrogen and oxygen atoms in total. The van der Waals surface area contributed by atoms with Gasteiger partial charge in [-0.05, 0) is 38.0 Å². The van der Waals surface area contributed by atoms with Gasteiger partial charge in [-0.15, -0.1) is 0 Å². The Morgan fingerprint density at radius 3 is 2.93 bits per heavy atom.